The number of aliphatic carboxylic acids is 1. The lowest BCUT2D eigenvalue weighted by Crippen LogP contribution is -2.07. The van der Waals surface area contributed by atoms with Crippen molar-refractivity contribution in [1.82, 2.24) is 0 Å². The zero-order valence-electron chi connectivity index (χ0n) is 42.5. The molecule has 0 rings (SSSR count). The van der Waals surface area contributed by atoms with Gasteiger partial charge in [-0.25, -0.2) is 4.79 Å². The molecule has 0 saturated carbocycles. The Morgan fingerprint density at radius 1 is 0.373 bits per heavy atom. The number of carboxylic acids is 1. The van der Waals surface area contributed by atoms with Crippen LogP contribution in [0.4, 0.5) is 0 Å². The number of hydrogen-bond acceptors (Lipinski definition) is 25. The summed E-state index contributed by atoms with van der Waals surface area (Å²) in [5.74, 6) is 5.41. The number of halogens is 2. The Morgan fingerprint density at radius 2 is 0.573 bits per heavy atom. The van der Waals surface area contributed by atoms with Crippen molar-refractivity contribution in [2.24, 2.45) is 0 Å². The topological polar surface area (TPSA) is 229 Å². The van der Waals surface area contributed by atoms with E-state index in [9.17, 15) is 43.2 Å². The van der Waals surface area contributed by atoms with E-state index in [-0.39, 0.29) is 69.4 Å². The van der Waals surface area contributed by atoms with Crippen LogP contribution in [-0.4, -0.2) is 189 Å². The van der Waals surface area contributed by atoms with Gasteiger partial charge in [0, 0.05) is 102 Å². The minimum absolute atomic E-state index is 0. The molecule has 0 aromatic carbocycles. The van der Waals surface area contributed by atoms with E-state index in [0.29, 0.717) is 149 Å². The molecule has 0 radical (unpaired) electrons. The van der Waals surface area contributed by atoms with E-state index in [4.69, 9.17) is 56.7 Å². The van der Waals surface area contributed by atoms with Crippen molar-refractivity contribution in [3.05, 3.63) is 36.5 Å². The highest BCUT2D eigenvalue weighted by Gasteiger charge is 2.11. The summed E-state index contributed by atoms with van der Waals surface area (Å²) < 4.78 is 31.4. The molecule has 75 heavy (non-hydrogen) atoms. The van der Waals surface area contributed by atoms with E-state index in [1.807, 2.05) is 0 Å². The maximum atomic E-state index is 11.8. The average molecular weight is 1290 g/mol. The van der Waals surface area contributed by atoms with Gasteiger partial charge >= 0.3 is 5.97 Å². The molecule has 438 valence electrons. The van der Waals surface area contributed by atoms with Crippen LogP contribution in [-0.2, 0) is 71.6 Å². The average Bonchev–Trinajstić information content (AvgIpc) is 3.35. The Balaban J connectivity index is -0.000000225. The second kappa shape index (κ2) is 68.2. The van der Waals surface area contributed by atoms with Crippen LogP contribution in [0.2, 0.25) is 0 Å². The Labute approximate surface area is 503 Å². The van der Waals surface area contributed by atoms with Gasteiger partial charge in [-0.2, -0.15) is 50.5 Å². The predicted octanol–water partition coefficient (Wildman–Crippen LogP) is 9.63. The zero-order chi connectivity index (χ0) is 57.2. The number of thioether (sulfide) groups is 6. The fourth-order valence-electron chi connectivity index (χ4n) is 3.37. The van der Waals surface area contributed by atoms with Crippen LogP contribution >= 0.6 is 144 Å². The monoisotopic (exact) mass is 1290 g/mol. The molecule has 0 amide bonds. The fourth-order valence-corrected chi connectivity index (χ4v) is 8.04. The molecule has 0 fully saturated rings. The minimum Gasteiger partial charge on any atom is -0.478 e. The quantitative estimate of drug-likeness (QED) is 0.0166. The highest BCUT2D eigenvalue weighted by Crippen LogP contribution is 2.15. The molecule has 0 bridgehead atoms. The van der Waals surface area contributed by atoms with E-state index in [0.717, 1.165) is 35.0 Å². The van der Waals surface area contributed by atoms with Crippen LogP contribution in [0.3, 0.4) is 0 Å². The van der Waals surface area contributed by atoms with Crippen LogP contribution in [0.5, 0.6) is 0 Å². The first-order chi connectivity index (χ1) is 35.1. The molecule has 0 aliphatic heterocycles. The van der Waals surface area contributed by atoms with Gasteiger partial charge in [0.2, 0.25) is 20.7 Å². The Hall–Kier alpha value is -0.110. The van der Waals surface area contributed by atoms with Gasteiger partial charge in [-0.15, -0.1) is 0 Å². The van der Waals surface area contributed by atoms with E-state index >= 15 is 0 Å². The van der Waals surface area contributed by atoms with Crippen molar-refractivity contribution in [3.63, 3.8) is 0 Å². The van der Waals surface area contributed by atoms with Crippen LogP contribution in [0, 0.1) is 0 Å². The second-order valence-corrected chi connectivity index (χ2v) is 23.0. The van der Waals surface area contributed by atoms with Gasteiger partial charge in [-0.1, -0.05) is 97.7 Å². The largest absolute Gasteiger partial charge is 0.478 e. The summed E-state index contributed by atoms with van der Waals surface area (Å²) in [5.41, 5.74) is 1.22. The molecule has 0 saturated heterocycles. The second-order valence-electron chi connectivity index (χ2n) is 13.6. The van der Waals surface area contributed by atoms with Gasteiger partial charge in [-0.05, 0) is 55.1 Å². The van der Waals surface area contributed by atoms with Crippen molar-refractivity contribution >= 4 is 191 Å². The van der Waals surface area contributed by atoms with Gasteiger partial charge in [0.1, 0.15) is 0 Å². The van der Waals surface area contributed by atoms with Gasteiger partial charge in [0.05, 0.1) is 79.3 Å². The van der Waals surface area contributed by atoms with Gasteiger partial charge in [-0.3, -0.25) is 38.4 Å². The third-order valence-electron chi connectivity index (χ3n) is 6.85. The molecule has 0 aliphatic carbocycles. The van der Waals surface area contributed by atoms with Crippen molar-refractivity contribution in [2.45, 2.75) is 66.7 Å². The number of rotatable bonds is 41. The smallest absolute Gasteiger partial charge is 0.330 e. The predicted molar refractivity (Wildman–Crippen MR) is 333 cm³/mol. The maximum absolute atomic E-state index is 11.8. The minimum atomic E-state index is -0.935. The molecule has 28 heteroatoms. The standard InChI is InChI=1S/C20H30O6S4.C12H22O4S4.C6H14O2S2.C4H4Cl2O2.C4H6O2.CH4/c1-15(2)19(23)29-13-9-25-7-11-27-17(21)5-6-18(22)28-12-8-26-10-14-30-20(24)16(3)4;13-11(19-9-5-15-3-7-17)1-2-12(14)20-10-6-16-4-8-18;9-5-3-7-1-2-8-4-6-10;5-3(7)1-2-4(6)8;1-3(2)4(5)6;/h1,3,5-14H2,2,4H3;17-18H,1-10H2;9-10H,1-6H2;1-2H2;1H2,2H3,(H,5,6);1H4. The molecule has 1 N–H and O–H groups in total. The van der Waals surface area contributed by atoms with Crippen LogP contribution in [0.25, 0.3) is 0 Å². The molecular weight excluding hydrogens is 1210 g/mol. The van der Waals surface area contributed by atoms with Gasteiger partial charge in [0.15, 0.2) is 20.5 Å². The zero-order valence-corrected chi connectivity index (χ0v) is 52.5. The molecule has 0 aromatic rings. The number of thiol groups is 4. The first-order valence-corrected chi connectivity index (χ1v) is 31.8. The Kier molecular flexibility index (Phi) is 78.3. The molecule has 0 aromatic heterocycles. The summed E-state index contributed by atoms with van der Waals surface area (Å²) in [4.78, 5) is 98.6. The van der Waals surface area contributed by atoms with E-state index in [2.05, 4.69) is 70.3 Å². The van der Waals surface area contributed by atoms with E-state index in [1.165, 1.54) is 54.0 Å². The normalized spacial score (nSPS) is 9.99. The Bertz CT molecular complexity index is 1470. The van der Waals surface area contributed by atoms with E-state index in [1.54, 1.807) is 13.8 Å². The van der Waals surface area contributed by atoms with Crippen LogP contribution < -0.4 is 0 Å². The lowest BCUT2D eigenvalue weighted by molar-refractivity contribution is -0.132. The first-order valence-electron chi connectivity index (χ1n) is 22.6. The molecule has 0 unspecified atom stereocenters. The highest BCUT2D eigenvalue weighted by atomic mass is 35.5. The van der Waals surface area contributed by atoms with Crippen molar-refractivity contribution in [3.8, 4) is 0 Å². The molecule has 0 heterocycles. The summed E-state index contributed by atoms with van der Waals surface area (Å²) in [5, 5.41) is 6.78. The number of hydrogen-bond donors (Lipinski definition) is 5. The Morgan fingerprint density at radius 3 is 0.760 bits per heavy atom. The number of carbonyl (C=O) groups excluding carboxylic acids is 8. The maximum Gasteiger partial charge on any atom is 0.330 e. The summed E-state index contributed by atoms with van der Waals surface area (Å²) in [6.45, 7) is 21.8. The van der Waals surface area contributed by atoms with Crippen LogP contribution in [0.1, 0.15) is 66.7 Å². The molecule has 0 atom stereocenters. The summed E-state index contributed by atoms with van der Waals surface area (Å²) in [6, 6.07) is 0. The van der Waals surface area contributed by atoms with E-state index < -0.39 is 16.5 Å². The van der Waals surface area contributed by atoms with Crippen LogP contribution in [0.15, 0.2) is 36.5 Å². The van der Waals surface area contributed by atoms with Gasteiger partial charge < -0.3 is 33.5 Å². The van der Waals surface area contributed by atoms with Crippen molar-refractivity contribution in [1.29, 1.82) is 0 Å². The number of ether oxygens (including phenoxy) is 6. The van der Waals surface area contributed by atoms with Crippen molar-refractivity contribution in [2.75, 3.05) is 137 Å². The molecule has 0 spiro atoms. The third-order valence-corrected chi connectivity index (χ3v) is 13.5. The molecule has 16 nitrogen and oxygen atoms in total. The van der Waals surface area contributed by atoms with Gasteiger partial charge in [0.25, 0.3) is 0 Å². The summed E-state index contributed by atoms with van der Waals surface area (Å²) in [6.07, 6.45) is 1.06. The third kappa shape index (κ3) is 82.9. The summed E-state index contributed by atoms with van der Waals surface area (Å²) >= 11 is 32.8. The fraction of sp³-hybridized carbons (Fsp3) is 0.681. The summed E-state index contributed by atoms with van der Waals surface area (Å²) in [7, 11) is 0. The number of carbonyl (C=O) groups is 9. The lowest BCUT2D eigenvalue weighted by atomic mass is 10.4. The van der Waals surface area contributed by atoms with Crippen molar-refractivity contribution < 1.29 is 76.7 Å². The molecule has 0 aliphatic rings. The molecular formula is C47H80Cl2O16S10. The highest BCUT2D eigenvalue weighted by molar-refractivity contribution is 8.15. The first kappa shape index (κ1) is 86.2. The lowest BCUT2D eigenvalue weighted by Gasteiger charge is -2.04. The number of carboxylic acid groups (broad SMARTS) is 1. The SMILES string of the molecule is C.C=C(C)C(=O)O.C=C(C)C(=O)SCCOCCSC(=O)CCC(=O)SCCOCCSC(=O)C(=C)C.O=C(CCC(=O)SCCOCCS)SCCOCCS.O=C(Cl)CCC(=O)Cl.SCCOCCOCCS.